The number of benzene rings is 2. The molecule has 2 aromatic carbocycles. The van der Waals surface area contributed by atoms with Crippen molar-refractivity contribution in [2.45, 2.75) is 31.3 Å². The van der Waals surface area contributed by atoms with E-state index in [0.717, 1.165) is 35.4 Å². The Bertz CT molecular complexity index is 1520. The first kappa shape index (κ1) is 24.2. The predicted octanol–water partition coefficient (Wildman–Crippen LogP) is 4.40. The zero-order valence-electron chi connectivity index (χ0n) is 21.4. The van der Waals surface area contributed by atoms with Crippen molar-refractivity contribution < 1.29 is 9.53 Å². The van der Waals surface area contributed by atoms with Gasteiger partial charge < -0.3 is 9.64 Å². The number of likely N-dealkylation sites (tertiary alicyclic amines) is 1. The molecule has 8 nitrogen and oxygen atoms in total. The lowest BCUT2D eigenvalue weighted by atomic mass is 10.2. The Morgan fingerprint density at radius 1 is 1.03 bits per heavy atom. The van der Waals surface area contributed by atoms with E-state index in [1.165, 1.54) is 12.8 Å². The highest BCUT2D eigenvalue weighted by molar-refractivity contribution is 5.88. The first-order chi connectivity index (χ1) is 18.6. The van der Waals surface area contributed by atoms with E-state index in [-0.39, 0.29) is 17.6 Å². The SMILES string of the molecule is CN(C/C=C/C(=O)N1CC[C@@H](n2c(=O)n(-c3ccc(Oc4ccccc4)cc3)c3cnccc32)C1)C1CC1. The molecule has 4 aromatic rings. The molecule has 1 amide bonds. The molecule has 1 aliphatic carbocycles. The Morgan fingerprint density at radius 2 is 1.79 bits per heavy atom. The van der Waals surface area contributed by atoms with Gasteiger partial charge >= 0.3 is 5.69 Å². The number of carbonyl (C=O) groups excluding carboxylic acids is 1. The fourth-order valence-corrected chi connectivity index (χ4v) is 5.20. The lowest BCUT2D eigenvalue weighted by molar-refractivity contribution is -0.125. The Kier molecular flexibility index (Phi) is 6.55. The van der Waals surface area contributed by atoms with Gasteiger partial charge in [0.2, 0.25) is 5.91 Å². The van der Waals surface area contributed by atoms with Crippen molar-refractivity contribution in [1.82, 2.24) is 23.9 Å². The van der Waals surface area contributed by atoms with E-state index < -0.39 is 0 Å². The fraction of sp³-hybridized carbons (Fsp3) is 0.300. The van der Waals surface area contributed by atoms with Crippen LogP contribution in [-0.2, 0) is 4.79 Å². The maximum Gasteiger partial charge on any atom is 0.334 e. The van der Waals surface area contributed by atoms with Gasteiger partial charge in [0.05, 0.1) is 29.0 Å². The summed E-state index contributed by atoms with van der Waals surface area (Å²) in [6.07, 6.45) is 10.3. The van der Waals surface area contributed by atoms with E-state index >= 15 is 0 Å². The molecule has 38 heavy (non-hydrogen) atoms. The Balaban J connectivity index is 1.22. The van der Waals surface area contributed by atoms with Crippen molar-refractivity contribution in [3.8, 4) is 17.2 Å². The number of para-hydroxylation sites is 1. The number of rotatable bonds is 8. The molecule has 0 N–H and O–H groups in total. The molecule has 1 atom stereocenters. The van der Waals surface area contributed by atoms with Crippen molar-refractivity contribution in [3.05, 3.63) is 95.7 Å². The zero-order valence-corrected chi connectivity index (χ0v) is 21.4. The van der Waals surface area contributed by atoms with Gasteiger partial charge in [0.1, 0.15) is 11.5 Å². The highest BCUT2D eigenvalue weighted by Gasteiger charge is 2.30. The summed E-state index contributed by atoms with van der Waals surface area (Å²) in [4.78, 5) is 35.0. The van der Waals surface area contributed by atoms with Crippen LogP contribution in [0.2, 0.25) is 0 Å². The molecule has 0 bridgehead atoms. The predicted molar refractivity (Wildman–Crippen MR) is 147 cm³/mol. The number of likely N-dealkylation sites (N-methyl/N-ethyl adjacent to an activating group) is 1. The average molecular weight is 510 g/mol. The van der Waals surface area contributed by atoms with Crippen LogP contribution >= 0.6 is 0 Å². The second-order valence-corrected chi connectivity index (χ2v) is 10.1. The third kappa shape index (κ3) is 4.87. The number of aromatic nitrogens is 3. The first-order valence-electron chi connectivity index (χ1n) is 13.1. The number of fused-ring (bicyclic) bond motifs is 1. The quantitative estimate of drug-likeness (QED) is 0.329. The number of imidazole rings is 1. The zero-order chi connectivity index (χ0) is 26.1. The van der Waals surface area contributed by atoms with Gasteiger partial charge in [-0.05, 0) is 68.8 Å². The minimum Gasteiger partial charge on any atom is -0.457 e. The number of carbonyl (C=O) groups is 1. The van der Waals surface area contributed by atoms with E-state index in [1.807, 2.05) is 76.2 Å². The summed E-state index contributed by atoms with van der Waals surface area (Å²) in [5.41, 5.74) is 2.16. The summed E-state index contributed by atoms with van der Waals surface area (Å²) in [7, 11) is 2.10. The molecule has 6 rings (SSSR count). The van der Waals surface area contributed by atoms with Crippen molar-refractivity contribution in [3.63, 3.8) is 0 Å². The molecular weight excluding hydrogens is 478 g/mol. The van der Waals surface area contributed by atoms with Crippen LogP contribution in [0, 0.1) is 0 Å². The molecule has 1 saturated carbocycles. The lowest BCUT2D eigenvalue weighted by Crippen LogP contribution is -2.31. The number of ether oxygens (including phenoxy) is 1. The van der Waals surface area contributed by atoms with Gasteiger partial charge in [-0.1, -0.05) is 24.3 Å². The third-order valence-corrected chi connectivity index (χ3v) is 7.41. The fourth-order valence-electron chi connectivity index (χ4n) is 5.20. The van der Waals surface area contributed by atoms with Gasteiger partial charge in [-0.25, -0.2) is 4.79 Å². The van der Waals surface area contributed by atoms with Crippen LogP contribution in [-0.4, -0.2) is 62.5 Å². The second kappa shape index (κ2) is 10.3. The van der Waals surface area contributed by atoms with Crippen molar-refractivity contribution in [2.75, 3.05) is 26.7 Å². The second-order valence-electron chi connectivity index (χ2n) is 10.1. The van der Waals surface area contributed by atoms with Crippen LogP contribution in [0.1, 0.15) is 25.3 Å². The van der Waals surface area contributed by atoms with Crippen molar-refractivity contribution in [1.29, 1.82) is 0 Å². The number of nitrogens with zero attached hydrogens (tertiary/aromatic N) is 5. The molecule has 194 valence electrons. The van der Waals surface area contributed by atoms with Gasteiger partial charge in [0, 0.05) is 37.9 Å². The van der Waals surface area contributed by atoms with Gasteiger partial charge in [-0.2, -0.15) is 0 Å². The summed E-state index contributed by atoms with van der Waals surface area (Å²) in [6.45, 7) is 1.91. The Hall–Kier alpha value is -4.17. The van der Waals surface area contributed by atoms with Gasteiger partial charge in [0.15, 0.2) is 0 Å². The molecule has 1 saturated heterocycles. The molecule has 3 heterocycles. The lowest BCUT2D eigenvalue weighted by Gasteiger charge is -2.16. The Labute approximate surface area is 221 Å². The van der Waals surface area contributed by atoms with Crippen molar-refractivity contribution >= 4 is 16.9 Å². The van der Waals surface area contributed by atoms with E-state index in [2.05, 4.69) is 16.9 Å². The van der Waals surface area contributed by atoms with E-state index in [1.54, 1.807) is 23.0 Å². The molecule has 1 aliphatic heterocycles. The first-order valence-corrected chi connectivity index (χ1v) is 13.1. The maximum absolute atomic E-state index is 13.8. The van der Waals surface area contributed by atoms with Crippen LogP contribution in [0.4, 0.5) is 0 Å². The number of hydrogen-bond donors (Lipinski definition) is 0. The highest BCUT2D eigenvalue weighted by atomic mass is 16.5. The molecule has 0 spiro atoms. The molecule has 8 heteroatoms. The Morgan fingerprint density at radius 3 is 2.55 bits per heavy atom. The summed E-state index contributed by atoms with van der Waals surface area (Å²) in [5.74, 6) is 1.45. The van der Waals surface area contributed by atoms with E-state index in [9.17, 15) is 9.59 Å². The molecule has 0 radical (unpaired) electrons. The summed E-state index contributed by atoms with van der Waals surface area (Å²) < 4.78 is 9.42. The van der Waals surface area contributed by atoms with Crippen LogP contribution in [0.5, 0.6) is 11.5 Å². The van der Waals surface area contributed by atoms with E-state index in [0.29, 0.717) is 24.9 Å². The summed E-state index contributed by atoms with van der Waals surface area (Å²) >= 11 is 0. The topological polar surface area (TPSA) is 72.6 Å². The largest absolute Gasteiger partial charge is 0.457 e. The average Bonchev–Trinajstić information content (AvgIpc) is 3.61. The number of amides is 1. The van der Waals surface area contributed by atoms with Crippen molar-refractivity contribution in [2.24, 2.45) is 0 Å². The van der Waals surface area contributed by atoms with Crippen LogP contribution in [0.25, 0.3) is 16.7 Å². The monoisotopic (exact) mass is 509 g/mol. The highest BCUT2D eigenvalue weighted by Crippen LogP contribution is 2.28. The summed E-state index contributed by atoms with van der Waals surface area (Å²) in [5, 5.41) is 0. The molecule has 2 fully saturated rings. The third-order valence-electron chi connectivity index (χ3n) is 7.41. The maximum atomic E-state index is 13.8. The molecular formula is C30H31N5O3. The molecule has 2 aliphatic rings. The summed E-state index contributed by atoms with van der Waals surface area (Å²) in [6, 6.07) is 19.5. The smallest absolute Gasteiger partial charge is 0.334 e. The standard InChI is InChI=1S/C30H31N5O3/c1-32(22-9-10-22)18-5-8-29(36)33-19-16-24(21-33)35-27-15-17-31-20-28(27)34(30(35)37)23-11-13-26(14-12-23)38-25-6-3-2-4-7-25/h2-8,11-15,17,20,22,24H,9-10,16,18-19,21H2,1H3/b8-5+/t24-/m1/s1. The number of pyridine rings is 1. The van der Waals surface area contributed by atoms with Crippen LogP contribution < -0.4 is 10.4 Å². The minimum absolute atomic E-state index is 0.00385. The number of hydrogen-bond acceptors (Lipinski definition) is 5. The van der Waals surface area contributed by atoms with Gasteiger partial charge in [-0.15, -0.1) is 0 Å². The minimum atomic E-state index is -0.134. The molecule has 2 aromatic heterocycles. The van der Waals surface area contributed by atoms with Crippen LogP contribution in [0.3, 0.4) is 0 Å². The van der Waals surface area contributed by atoms with Crippen LogP contribution in [0.15, 0.2) is 90.0 Å². The molecule has 0 unspecified atom stereocenters. The van der Waals surface area contributed by atoms with Gasteiger partial charge in [-0.3, -0.25) is 23.8 Å². The van der Waals surface area contributed by atoms with E-state index in [4.69, 9.17) is 4.74 Å². The van der Waals surface area contributed by atoms with Gasteiger partial charge in [0.25, 0.3) is 0 Å². The normalized spacial score (nSPS) is 17.6.